The van der Waals surface area contributed by atoms with Crippen molar-refractivity contribution >= 4 is 57.2 Å². The number of furan rings is 1. The molecule has 1 aromatic heterocycles. The lowest BCUT2D eigenvalue weighted by Gasteiger charge is -2.21. The van der Waals surface area contributed by atoms with Crippen LogP contribution in [0.2, 0.25) is 10.0 Å². The van der Waals surface area contributed by atoms with Gasteiger partial charge < -0.3 is 14.5 Å². The van der Waals surface area contributed by atoms with Gasteiger partial charge in [0.1, 0.15) is 23.3 Å². The first-order chi connectivity index (χ1) is 18.8. The summed E-state index contributed by atoms with van der Waals surface area (Å²) < 4.78 is 12.5. The number of hydrogen-bond donors (Lipinski definition) is 2. The van der Waals surface area contributed by atoms with Crippen molar-refractivity contribution in [3.63, 3.8) is 0 Å². The second kappa shape index (κ2) is 13.5. The summed E-state index contributed by atoms with van der Waals surface area (Å²) >= 11 is 15.5. The van der Waals surface area contributed by atoms with Crippen LogP contribution in [0.15, 0.2) is 98.9 Å². The average Bonchev–Trinajstić information content (AvgIpc) is 3.39. The maximum atomic E-state index is 13.1. The summed E-state index contributed by atoms with van der Waals surface area (Å²) in [5, 5.41) is 7.50. The molecule has 0 bridgehead atoms. The normalized spacial score (nSPS) is 12.6. The van der Waals surface area contributed by atoms with Crippen molar-refractivity contribution in [3.8, 4) is 17.1 Å². The summed E-state index contributed by atoms with van der Waals surface area (Å²) in [5.41, 5.74) is 4.26. The fourth-order valence-corrected chi connectivity index (χ4v) is 4.31. The van der Waals surface area contributed by atoms with Gasteiger partial charge in [-0.25, -0.2) is 5.43 Å². The number of hydrogen-bond acceptors (Lipinski definition) is 5. The highest BCUT2D eigenvalue weighted by Gasteiger charge is 2.25. The van der Waals surface area contributed by atoms with Crippen LogP contribution in [0, 0.1) is 0 Å². The van der Waals surface area contributed by atoms with Crippen LogP contribution in [0.3, 0.4) is 0 Å². The third kappa shape index (κ3) is 8.20. The van der Waals surface area contributed by atoms with Gasteiger partial charge in [0.25, 0.3) is 11.8 Å². The Bertz CT molecular complexity index is 1460. The minimum atomic E-state index is -0.932. The summed E-state index contributed by atoms with van der Waals surface area (Å²) in [5.74, 6) is 0.433. The molecular formula is C29H24BrCl2N3O4. The molecule has 0 saturated heterocycles. The van der Waals surface area contributed by atoms with Gasteiger partial charge in [0.05, 0.1) is 11.2 Å². The molecule has 39 heavy (non-hydrogen) atoms. The van der Waals surface area contributed by atoms with Gasteiger partial charge in [0.15, 0.2) is 6.10 Å². The Labute approximate surface area is 244 Å². The Hall–Kier alpha value is -3.59. The van der Waals surface area contributed by atoms with Crippen LogP contribution in [-0.4, -0.2) is 30.2 Å². The maximum Gasteiger partial charge on any atom is 0.262 e. The quantitative estimate of drug-likeness (QED) is 0.152. The zero-order chi connectivity index (χ0) is 27.8. The van der Waals surface area contributed by atoms with Crippen LogP contribution >= 0.6 is 39.1 Å². The molecule has 0 spiro atoms. The van der Waals surface area contributed by atoms with Crippen molar-refractivity contribution in [3.05, 3.63) is 111 Å². The van der Waals surface area contributed by atoms with E-state index in [2.05, 4.69) is 31.8 Å². The van der Waals surface area contributed by atoms with Crippen LogP contribution in [0.4, 0.5) is 0 Å². The van der Waals surface area contributed by atoms with E-state index >= 15 is 0 Å². The van der Waals surface area contributed by atoms with Gasteiger partial charge in [-0.1, -0.05) is 81.6 Å². The Kier molecular flexibility index (Phi) is 9.81. The number of nitrogens with one attached hydrogen (secondary N) is 2. The summed E-state index contributed by atoms with van der Waals surface area (Å²) in [6, 6.07) is 24.4. The molecule has 0 aliphatic heterocycles. The number of halogens is 3. The molecule has 3 aromatic carbocycles. The van der Waals surface area contributed by atoms with Gasteiger partial charge in [0.2, 0.25) is 0 Å². The van der Waals surface area contributed by atoms with E-state index in [0.717, 1.165) is 15.6 Å². The first kappa shape index (κ1) is 28.4. The topological polar surface area (TPSA) is 92.9 Å². The first-order valence-electron chi connectivity index (χ1n) is 11.9. The van der Waals surface area contributed by atoms with E-state index in [9.17, 15) is 9.59 Å². The third-order valence-corrected chi connectivity index (χ3v) is 6.66. The molecule has 0 unspecified atom stereocenters. The van der Waals surface area contributed by atoms with E-state index in [0.29, 0.717) is 22.3 Å². The predicted molar refractivity (Wildman–Crippen MR) is 156 cm³/mol. The molecule has 1 heterocycles. The Morgan fingerprint density at radius 3 is 2.46 bits per heavy atom. The number of hydrazone groups is 1. The lowest BCUT2D eigenvalue weighted by atomic mass is 10.1. The van der Waals surface area contributed by atoms with Crippen molar-refractivity contribution < 1.29 is 18.7 Å². The van der Waals surface area contributed by atoms with Gasteiger partial charge in [-0.2, -0.15) is 5.10 Å². The van der Waals surface area contributed by atoms with Gasteiger partial charge in [-0.05, 0) is 55.0 Å². The molecule has 2 amide bonds. The molecule has 4 rings (SSSR count). The van der Waals surface area contributed by atoms with Crippen LogP contribution in [0.5, 0.6) is 5.75 Å². The number of rotatable bonds is 10. The largest absolute Gasteiger partial charge is 0.479 e. The molecule has 0 aliphatic carbocycles. The summed E-state index contributed by atoms with van der Waals surface area (Å²) in [6.45, 7) is 1.57. The first-order valence-corrected chi connectivity index (χ1v) is 13.5. The fraction of sp³-hybridized carbons (Fsp3) is 0.138. The minimum absolute atomic E-state index is 0.247. The summed E-state index contributed by atoms with van der Waals surface area (Å²) in [6.07, 6.45) is 0.714. The van der Waals surface area contributed by atoms with Crippen LogP contribution < -0.4 is 15.5 Å². The molecule has 7 nitrogen and oxygen atoms in total. The zero-order valence-electron chi connectivity index (χ0n) is 20.7. The highest BCUT2D eigenvalue weighted by molar-refractivity contribution is 9.10. The smallest absolute Gasteiger partial charge is 0.262 e. The van der Waals surface area contributed by atoms with Gasteiger partial charge >= 0.3 is 0 Å². The highest BCUT2D eigenvalue weighted by Crippen LogP contribution is 2.28. The molecule has 0 radical (unpaired) electrons. The maximum absolute atomic E-state index is 13.1. The minimum Gasteiger partial charge on any atom is -0.479 e. The van der Waals surface area contributed by atoms with Crippen molar-refractivity contribution in [2.24, 2.45) is 5.10 Å². The van der Waals surface area contributed by atoms with E-state index in [1.807, 2.05) is 60.7 Å². The zero-order valence-corrected chi connectivity index (χ0v) is 23.8. The summed E-state index contributed by atoms with van der Waals surface area (Å²) in [7, 11) is 0. The van der Waals surface area contributed by atoms with Crippen molar-refractivity contribution in [2.45, 2.75) is 25.5 Å². The van der Waals surface area contributed by atoms with E-state index in [1.54, 1.807) is 25.1 Å². The van der Waals surface area contributed by atoms with Crippen molar-refractivity contribution in [1.82, 2.24) is 10.7 Å². The van der Waals surface area contributed by atoms with E-state index in [1.165, 1.54) is 12.3 Å². The molecule has 10 heteroatoms. The Morgan fingerprint density at radius 2 is 1.74 bits per heavy atom. The molecule has 0 aliphatic rings. The standard InChI is InChI=1S/C29H24BrCl2N3O4/c1-18(38-27-13-11-22(31)16-24(27)32)28(36)34-25(15-19-5-3-2-4-6-19)29(37)35-33-17-23-12-14-26(39-23)20-7-9-21(30)10-8-20/h2-14,16-18,25H,15H2,1H3,(H,34,36)(H,35,37)/b33-17-/t18-,25+/m1/s1. The molecule has 200 valence electrons. The highest BCUT2D eigenvalue weighted by atomic mass is 79.9. The lowest BCUT2D eigenvalue weighted by Crippen LogP contribution is -2.50. The third-order valence-electron chi connectivity index (χ3n) is 5.60. The summed E-state index contributed by atoms with van der Waals surface area (Å²) in [4.78, 5) is 26.0. The van der Waals surface area contributed by atoms with E-state index in [-0.39, 0.29) is 11.4 Å². The average molecular weight is 629 g/mol. The van der Waals surface area contributed by atoms with Crippen LogP contribution in [0.1, 0.15) is 18.2 Å². The number of ether oxygens (including phenoxy) is 1. The molecule has 0 saturated carbocycles. The number of nitrogens with zero attached hydrogens (tertiary/aromatic N) is 1. The predicted octanol–water partition coefficient (Wildman–Crippen LogP) is 6.66. The second-order valence-corrected chi connectivity index (χ2v) is 10.3. The molecule has 0 fully saturated rings. The van der Waals surface area contributed by atoms with Crippen LogP contribution in [0.25, 0.3) is 11.3 Å². The number of carbonyl (C=O) groups excluding carboxylic acids is 2. The second-order valence-electron chi connectivity index (χ2n) is 8.53. The lowest BCUT2D eigenvalue weighted by molar-refractivity contribution is -0.132. The number of carbonyl (C=O) groups is 2. The van der Waals surface area contributed by atoms with E-state index in [4.69, 9.17) is 32.4 Å². The number of amides is 2. The Morgan fingerprint density at radius 1 is 1.00 bits per heavy atom. The van der Waals surface area contributed by atoms with Crippen molar-refractivity contribution in [2.75, 3.05) is 0 Å². The molecular weight excluding hydrogens is 605 g/mol. The SMILES string of the molecule is C[C@@H](Oc1ccc(Cl)cc1Cl)C(=O)N[C@@H](Cc1ccccc1)C(=O)N/N=C\c1ccc(-c2ccc(Br)cc2)o1. The molecule has 4 aromatic rings. The van der Waals surface area contributed by atoms with E-state index < -0.39 is 24.0 Å². The number of benzene rings is 3. The van der Waals surface area contributed by atoms with Crippen LogP contribution in [-0.2, 0) is 16.0 Å². The van der Waals surface area contributed by atoms with Gasteiger partial charge in [-0.3, -0.25) is 9.59 Å². The monoisotopic (exact) mass is 627 g/mol. The van der Waals surface area contributed by atoms with Crippen molar-refractivity contribution in [1.29, 1.82) is 0 Å². The molecule has 2 N–H and O–H groups in total. The fourth-order valence-electron chi connectivity index (χ4n) is 3.59. The Balaban J connectivity index is 1.41. The van der Waals surface area contributed by atoms with Gasteiger partial charge in [0, 0.05) is 21.5 Å². The van der Waals surface area contributed by atoms with Gasteiger partial charge in [-0.15, -0.1) is 0 Å². The molecule has 2 atom stereocenters.